The average molecular weight is 391 g/mol. The Labute approximate surface area is 133 Å². The Balaban J connectivity index is 2.96. The molecule has 6 heteroatoms. The molecule has 1 heterocycles. The van der Waals surface area contributed by atoms with E-state index >= 15 is 0 Å². The summed E-state index contributed by atoms with van der Waals surface area (Å²) in [4.78, 5) is 30.3. The number of nitrogens with zero attached hydrogens (tertiary/aromatic N) is 3. The fraction of sp³-hybridized carbons (Fsp3) is 0.643. The minimum Gasteiger partial charge on any atom is -0.342 e. The van der Waals surface area contributed by atoms with Crippen molar-refractivity contribution in [3.8, 4) is 0 Å². The fourth-order valence-electron chi connectivity index (χ4n) is 1.96. The molecule has 0 atom stereocenters. The first-order chi connectivity index (χ1) is 9.40. The summed E-state index contributed by atoms with van der Waals surface area (Å²) >= 11 is 2.03. The zero-order valence-corrected chi connectivity index (χ0v) is 14.7. The number of aromatic nitrogens is 2. The van der Waals surface area contributed by atoms with E-state index in [-0.39, 0.29) is 18.0 Å². The van der Waals surface area contributed by atoms with Crippen LogP contribution in [0.15, 0.2) is 11.1 Å². The van der Waals surface area contributed by atoms with Crippen LogP contribution in [0.25, 0.3) is 0 Å². The van der Waals surface area contributed by atoms with Crippen LogP contribution < -0.4 is 5.56 Å². The first-order valence-corrected chi connectivity index (χ1v) is 8.00. The number of halogens is 1. The van der Waals surface area contributed by atoms with Gasteiger partial charge in [-0.25, -0.2) is 4.98 Å². The molecule has 0 radical (unpaired) electrons. The van der Waals surface area contributed by atoms with Crippen LogP contribution in [0.1, 0.15) is 33.4 Å². The maximum atomic E-state index is 12.3. The average Bonchev–Trinajstić information content (AvgIpc) is 2.39. The largest absolute Gasteiger partial charge is 0.342 e. The maximum Gasteiger partial charge on any atom is 0.267 e. The normalized spacial score (nSPS) is 10.9. The van der Waals surface area contributed by atoms with Gasteiger partial charge in [0.05, 0.1) is 15.6 Å². The molecule has 0 bridgehead atoms. The predicted molar refractivity (Wildman–Crippen MR) is 87.7 cm³/mol. The van der Waals surface area contributed by atoms with Crippen LogP contribution in [0.5, 0.6) is 0 Å². The third-order valence-electron chi connectivity index (χ3n) is 3.08. The molecule has 0 aliphatic carbocycles. The van der Waals surface area contributed by atoms with E-state index in [9.17, 15) is 9.59 Å². The van der Waals surface area contributed by atoms with Gasteiger partial charge in [0.25, 0.3) is 5.56 Å². The smallest absolute Gasteiger partial charge is 0.267 e. The van der Waals surface area contributed by atoms with Crippen molar-refractivity contribution in [1.82, 2.24) is 14.5 Å². The van der Waals surface area contributed by atoms with Crippen LogP contribution in [0.4, 0.5) is 0 Å². The Morgan fingerprint density at radius 3 is 2.50 bits per heavy atom. The Kier molecular flexibility index (Phi) is 6.64. The third kappa shape index (κ3) is 4.29. The second kappa shape index (κ2) is 7.75. The highest BCUT2D eigenvalue weighted by Crippen LogP contribution is 2.10. The predicted octanol–water partition coefficient (Wildman–Crippen LogP) is 1.91. The van der Waals surface area contributed by atoms with E-state index in [0.717, 1.165) is 12.1 Å². The molecule has 112 valence electrons. The van der Waals surface area contributed by atoms with Gasteiger partial charge in [0.1, 0.15) is 6.54 Å². The van der Waals surface area contributed by atoms with E-state index in [2.05, 4.69) is 18.8 Å². The van der Waals surface area contributed by atoms with Gasteiger partial charge in [-0.1, -0.05) is 13.8 Å². The van der Waals surface area contributed by atoms with Crippen molar-refractivity contribution in [2.75, 3.05) is 13.1 Å². The molecule has 1 aromatic heterocycles. The lowest BCUT2D eigenvalue weighted by Gasteiger charge is -2.19. The van der Waals surface area contributed by atoms with Gasteiger partial charge < -0.3 is 4.90 Å². The first-order valence-electron chi connectivity index (χ1n) is 6.92. The van der Waals surface area contributed by atoms with Crippen molar-refractivity contribution in [3.05, 3.63) is 25.9 Å². The molecule has 0 aromatic carbocycles. The van der Waals surface area contributed by atoms with Gasteiger partial charge in [0.2, 0.25) is 5.91 Å². The van der Waals surface area contributed by atoms with Gasteiger partial charge in [-0.05, 0) is 48.8 Å². The number of carbonyl (C=O) groups excluding carboxylic acids is 1. The summed E-state index contributed by atoms with van der Waals surface area (Å²) in [5.41, 5.74) is 0.689. The van der Waals surface area contributed by atoms with Crippen LogP contribution in [-0.2, 0) is 17.8 Å². The number of likely N-dealkylation sites (N-methyl/N-ethyl adjacent to an activating group) is 1. The second-order valence-electron chi connectivity index (χ2n) is 5.10. The maximum absolute atomic E-state index is 12.3. The SMILES string of the molecule is CCN(CC)C(=O)Cn1cnc(CC(C)C)c(I)c1=O. The number of hydrogen-bond acceptors (Lipinski definition) is 3. The quantitative estimate of drug-likeness (QED) is 0.697. The molecule has 0 unspecified atom stereocenters. The number of hydrogen-bond donors (Lipinski definition) is 0. The zero-order valence-electron chi connectivity index (χ0n) is 12.5. The monoisotopic (exact) mass is 391 g/mol. The van der Waals surface area contributed by atoms with E-state index in [1.54, 1.807) is 4.90 Å². The summed E-state index contributed by atoms with van der Waals surface area (Å²) in [6.07, 6.45) is 2.27. The number of rotatable bonds is 6. The summed E-state index contributed by atoms with van der Waals surface area (Å²) in [5.74, 6) is 0.398. The molecule has 0 N–H and O–H groups in total. The van der Waals surface area contributed by atoms with Crippen molar-refractivity contribution in [2.45, 2.75) is 40.7 Å². The zero-order chi connectivity index (χ0) is 15.3. The lowest BCUT2D eigenvalue weighted by Crippen LogP contribution is -2.37. The Morgan fingerprint density at radius 1 is 1.40 bits per heavy atom. The summed E-state index contributed by atoms with van der Waals surface area (Å²) in [7, 11) is 0. The van der Waals surface area contributed by atoms with Crippen LogP contribution in [0.2, 0.25) is 0 Å². The number of carbonyl (C=O) groups is 1. The minimum atomic E-state index is -0.128. The molecule has 1 aromatic rings. The van der Waals surface area contributed by atoms with Crippen molar-refractivity contribution in [1.29, 1.82) is 0 Å². The highest BCUT2D eigenvalue weighted by atomic mass is 127. The highest BCUT2D eigenvalue weighted by molar-refractivity contribution is 14.1. The Bertz CT molecular complexity index is 522. The minimum absolute atomic E-state index is 0.0497. The summed E-state index contributed by atoms with van der Waals surface area (Å²) in [6, 6.07) is 0. The molecule has 1 amide bonds. The third-order valence-corrected chi connectivity index (χ3v) is 4.16. The van der Waals surface area contributed by atoms with E-state index in [0.29, 0.717) is 22.6 Å². The molecule has 20 heavy (non-hydrogen) atoms. The molecule has 0 saturated heterocycles. The summed E-state index contributed by atoms with van der Waals surface area (Å²) < 4.78 is 2.01. The molecule has 1 rings (SSSR count). The van der Waals surface area contributed by atoms with Crippen LogP contribution in [0, 0.1) is 9.49 Å². The van der Waals surface area contributed by atoms with Crippen LogP contribution in [0.3, 0.4) is 0 Å². The molecule has 0 saturated carbocycles. The standard InChI is InChI=1S/C14H22IN3O2/c1-5-17(6-2)12(19)8-18-9-16-11(7-10(3)4)13(15)14(18)20/h9-10H,5-8H2,1-4H3. The number of amides is 1. The van der Waals surface area contributed by atoms with Crippen molar-refractivity contribution in [2.24, 2.45) is 5.92 Å². The Morgan fingerprint density at radius 2 is 2.00 bits per heavy atom. The van der Waals surface area contributed by atoms with Crippen molar-refractivity contribution < 1.29 is 4.79 Å². The van der Waals surface area contributed by atoms with Gasteiger partial charge in [0.15, 0.2) is 0 Å². The van der Waals surface area contributed by atoms with Crippen LogP contribution in [-0.4, -0.2) is 33.4 Å². The first kappa shape index (κ1) is 17.1. The molecule has 5 nitrogen and oxygen atoms in total. The topological polar surface area (TPSA) is 55.2 Å². The summed E-state index contributed by atoms with van der Waals surface area (Å²) in [6.45, 7) is 9.40. The van der Waals surface area contributed by atoms with Gasteiger partial charge in [-0.2, -0.15) is 0 Å². The highest BCUT2D eigenvalue weighted by Gasteiger charge is 2.14. The van der Waals surface area contributed by atoms with Gasteiger partial charge in [-0.3, -0.25) is 14.2 Å². The van der Waals surface area contributed by atoms with Gasteiger partial charge in [0, 0.05) is 13.1 Å². The van der Waals surface area contributed by atoms with Gasteiger partial charge >= 0.3 is 0 Å². The molecular formula is C14H22IN3O2. The summed E-state index contributed by atoms with van der Waals surface area (Å²) in [5, 5.41) is 0. The fourth-order valence-corrected chi connectivity index (χ4v) is 2.63. The Hall–Kier alpha value is -0.920. The van der Waals surface area contributed by atoms with Crippen LogP contribution >= 0.6 is 22.6 Å². The molecule has 0 fully saturated rings. The van der Waals surface area contributed by atoms with Crippen molar-refractivity contribution >= 4 is 28.5 Å². The van der Waals surface area contributed by atoms with Gasteiger partial charge in [-0.15, -0.1) is 0 Å². The second-order valence-corrected chi connectivity index (χ2v) is 6.18. The lowest BCUT2D eigenvalue weighted by atomic mass is 10.1. The molecule has 0 aliphatic rings. The molecule has 0 aliphatic heterocycles. The van der Waals surface area contributed by atoms with E-state index in [4.69, 9.17) is 0 Å². The van der Waals surface area contributed by atoms with Crippen molar-refractivity contribution in [3.63, 3.8) is 0 Å². The van der Waals surface area contributed by atoms with E-state index < -0.39 is 0 Å². The van der Waals surface area contributed by atoms with E-state index in [1.807, 2.05) is 36.4 Å². The van der Waals surface area contributed by atoms with E-state index in [1.165, 1.54) is 10.9 Å². The lowest BCUT2D eigenvalue weighted by molar-refractivity contribution is -0.131. The molecular weight excluding hydrogens is 369 g/mol. The molecule has 0 spiro atoms.